The van der Waals surface area contributed by atoms with Crippen molar-refractivity contribution in [1.29, 1.82) is 0 Å². The predicted octanol–water partition coefficient (Wildman–Crippen LogP) is 2.33. The molecule has 1 aliphatic heterocycles. The first-order valence-electron chi connectivity index (χ1n) is 7.80. The lowest BCUT2D eigenvalue weighted by molar-refractivity contribution is 0.0981. The highest BCUT2D eigenvalue weighted by molar-refractivity contribution is 7.88. The molecule has 5 nitrogen and oxygen atoms in total. The molecular formula is C18H20N2O3S. The zero-order valence-corrected chi connectivity index (χ0v) is 14.5. The summed E-state index contributed by atoms with van der Waals surface area (Å²) < 4.78 is 25.0. The zero-order valence-electron chi connectivity index (χ0n) is 13.7. The molecule has 6 heteroatoms. The Balaban J connectivity index is 1.91. The van der Waals surface area contributed by atoms with Crippen molar-refractivity contribution in [3.63, 3.8) is 0 Å². The Morgan fingerprint density at radius 1 is 1.21 bits per heavy atom. The molecule has 0 radical (unpaired) electrons. The maximum Gasteiger partial charge on any atom is 0.258 e. The maximum absolute atomic E-state index is 12.9. The number of nitrogens with one attached hydrogen (secondary N) is 1. The third-order valence-electron chi connectivity index (χ3n) is 4.14. The van der Waals surface area contributed by atoms with Gasteiger partial charge in [-0.05, 0) is 42.7 Å². The molecule has 24 heavy (non-hydrogen) atoms. The predicted molar refractivity (Wildman–Crippen MR) is 94.5 cm³/mol. The number of amides is 1. The average molecular weight is 344 g/mol. The van der Waals surface area contributed by atoms with Crippen molar-refractivity contribution in [3.05, 3.63) is 65.2 Å². The molecule has 0 fully saturated rings. The molecular weight excluding hydrogens is 324 g/mol. The van der Waals surface area contributed by atoms with E-state index >= 15 is 0 Å². The number of sulfonamides is 1. The lowest BCUT2D eigenvalue weighted by atomic mass is 10.1. The Labute approximate surface area is 142 Å². The van der Waals surface area contributed by atoms with Crippen LogP contribution in [0.25, 0.3) is 0 Å². The van der Waals surface area contributed by atoms with Crippen LogP contribution in [0.1, 0.15) is 28.4 Å². The van der Waals surface area contributed by atoms with Gasteiger partial charge in [-0.2, -0.15) is 0 Å². The van der Waals surface area contributed by atoms with Gasteiger partial charge in [0.25, 0.3) is 5.91 Å². The van der Waals surface area contributed by atoms with Gasteiger partial charge >= 0.3 is 0 Å². The maximum atomic E-state index is 12.9. The molecule has 1 N–H and O–H groups in total. The minimum Gasteiger partial charge on any atom is -0.305 e. The van der Waals surface area contributed by atoms with Crippen LogP contribution < -0.4 is 9.62 Å². The molecule has 126 valence electrons. The van der Waals surface area contributed by atoms with Gasteiger partial charge in [0.15, 0.2) is 0 Å². The number of carbonyl (C=O) groups excluding carboxylic acids is 1. The van der Waals surface area contributed by atoms with E-state index in [2.05, 4.69) is 4.72 Å². The molecule has 1 heterocycles. The van der Waals surface area contributed by atoms with Crippen LogP contribution in [-0.2, 0) is 23.0 Å². The Hall–Kier alpha value is -2.18. The average Bonchev–Trinajstić information content (AvgIpc) is 2.87. The number of benzene rings is 2. The van der Waals surface area contributed by atoms with Gasteiger partial charge in [-0.15, -0.1) is 0 Å². The van der Waals surface area contributed by atoms with Crippen LogP contribution in [0.3, 0.4) is 0 Å². The van der Waals surface area contributed by atoms with Gasteiger partial charge in [0.05, 0.1) is 6.26 Å². The first-order chi connectivity index (χ1) is 11.3. The van der Waals surface area contributed by atoms with E-state index in [-0.39, 0.29) is 18.5 Å². The number of anilines is 1. The molecule has 2 aromatic rings. The fourth-order valence-electron chi connectivity index (χ4n) is 3.01. The van der Waals surface area contributed by atoms with Crippen LogP contribution in [0.15, 0.2) is 48.5 Å². The van der Waals surface area contributed by atoms with E-state index in [9.17, 15) is 13.2 Å². The van der Waals surface area contributed by atoms with E-state index < -0.39 is 10.0 Å². The summed E-state index contributed by atoms with van der Waals surface area (Å²) in [4.78, 5) is 14.7. The quantitative estimate of drug-likeness (QED) is 0.926. The van der Waals surface area contributed by atoms with Crippen molar-refractivity contribution in [2.24, 2.45) is 0 Å². The summed E-state index contributed by atoms with van der Waals surface area (Å²) in [6.07, 6.45) is 1.93. The van der Waals surface area contributed by atoms with Crippen LogP contribution in [0.4, 0.5) is 5.69 Å². The molecule has 1 atom stereocenters. The van der Waals surface area contributed by atoms with Crippen molar-refractivity contribution < 1.29 is 13.2 Å². The minimum atomic E-state index is -3.25. The van der Waals surface area contributed by atoms with E-state index in [1.54, 1.807) is 4.90 Å². The molecule has 0 aliphatic carbocycles. The zero-order chi connectivity index (χ0) is 17.3. The Morgan fingerprint density at radius 3 is 2.58 bits per heavy atom. The molecule has 0 saturated heterocycles. The lowest BCUT2D eigenvalue weighted by Crippen LogP contribution is -2.35. The second-order valence-corrected chi connectivity index (χ2v) is 7.98. The van der Waals surface area contributed by atoms with Crippen LogP contribution in [0.2, 0.25) is 0 Å². The molecule has 1 amide bonds. The van der Waals surface area contributed by atoms with E-state index in [0.717, 1.165) is 29.5 Å². The molecule has 0 aromatic heterocycles. The third kappa shape index (κ3) is 3.49. The van der Waals surface area contributed by atoms with Crippen molar-refractivity contribution in [2.75, 3.05) is 11.2 Å². The first-order valence-corrected chi connectivity index (χ1v) is 9.69. The number of rotatable bonds is 4. The fraction of sp³-hybridized carbons (Fsp3) is 0.278. The number of carbonyl (C=O) groups is 1. The molecule has 0 spiro atoms. The van der Waals surface area contributed by atoms with Crippen molar-refractivity contribution in [2.45, 2.75) is 25.9 Å². The summed E-state index contributed by atoms with van der Waals surface area (Å²) in [6.45, 7) is 2.24. The van der Waals surface area contributed by atoms with Gasteiger partial charge in [-0.25, -0.2) is 13.1 Å². The highest BCUT2D eigenvalue weighted by atomic mass is 32.2. The number of hydrogen-bond acceptors (Lipinski definition) is 3. The standard InChI is InChI=1S/C18H20N2O3S/c1-13-10-16-9-8-14(12-19-24(2,22)23)11-17(16)20(13)18(21)15-6-4-3-5-7-15/h3-9,11,13,19H,10,12H2,1-2H3/t13-/m1/s1. The van der Waals surface area contributed by atoms with Gasteiger partial charge in [0, 0.05) is 23.8 Å². The monoisotopic (exact) mass is 344 g/mol. The molecule has 0 saturated carbocycles. The summed E-state index contributed by atoms with van der Waals surface area (Å²) in [5, 5.41) is 0. The molecule has 0 bridgehead atoms. The number of hydrogen-bond donors (Lipinski definition) is 1. The third-order valence-corrected chi connectivity index (χ3v) is 4.81. The highest BCUT2D eigenvalue weighted by Gasteiger charge is 2.31. The van der Waals surface area contributed by atoms with Crippen LogP contribution in [-0.4, -0.2) is 26.6 Å². The Kier molecular flexibility index (Phi) is 4.43. The molecule has 0 unspecified atom stereocenters. The second kappa shape index (κ2) is 6.37. The lowest BCUT2D eigenvalue weighted by Gasteiger charge is -2.23. The highest BCUT2D eigenvalue weighted by Crippen LogP contribution is 2.34. The van der Waals surface area contributed by atoms with E-state index in [1.165, 1.54) is 0 Å². The van der Waals surface area contributed by atoms with Crippen molar-refractivity contribution in [1.82, 2.24) is 4.72 Å². The topological polar surface area (TPSA) is 66.5 Å². The van der Waals surface area contributed by atoms with Gasteiger partial charge in [0.1, 0.15) is 0 Å². The molecule has 3 rings (SSSR count). The second-order valence-electron chi connectivity index (χ2n) is 6.15. The van der Waals surface area contributed by atoms with Gasteiger partial charge < -0.3 is 4.90 Å². The normalized spacial score (nSPS) is 16.9. The Bertz CT molecular complexity index is 863. The summed E-state index contributed by atoms with van der Waals surface area (Å²) in [5.74, 6) is -0.0323. The number of nitrogens with zero attached hydrogens (tertiary/aromatic N) is 1. The minimum absolute atomic E-state index is 0.0323. The smallest absolute Gasteiger partial charge is 0.258 e. The van der Waals surface area contributed by atoms with Crippen molar-refractivity contribution >= 4 is 21.6 Å². The van der Waals surface area contributed by atoms with E-state index in [4.69, 9.17) is 0 Å². The van der Waals surface area contributed by atoms with Gasteiger partial charge in [-0.1, -0.05) is 30.3 Å². The fourth-order valence-corrected chi connectivity index (χ4v) is 3.44. The van der Waals surface area contributed by atoms with Crippen LogP contribution in [0.5, 0.6) is 0 Å². The van der Waals surface area contributed by atoms with Crippen LogP contribution >= 0.6 is 0 Å². The van der Waals surface area contributed by atoms with Gasteiger partial charge in [0.2, 0.25) is 10.0 Å². The summed E-state index contributed by atoms with van der Waals surface area (Å²) in [7, 11) is -3.25. The SMILES string of the molecule is C[C@@H]1Cc2ccc(CNS(C)(=O)=O)cc2N1C(=O)c1ccccc1. The van der Waals surface area contributed by atoms with Crippen LogP contribution in [0, 0.1) is 0 Å². The first kappa shape index (κ1) is 16.7. The Morgan fingerprint density at radius 2 is 1.92 bits per heavy atom. The van der Waals surface area contributed by atoms with Crippen molar-refractivity contribution in [3.8, 4) is 0 Å². The van der Waals surface area contributed by atoms with Gasteiger partial charge in [-0.3, -0.25) is 4.79 Å². The largest absolute Gasteiger partial charge is 0.305 e. The summed E-state index contributed by atoms with van der Waals surface area (Å²) >= 11 is 0. The number of fused-ring (bicyclic) bond motifs is 1. The molecule has 1 aliphatic rings. The summed E-state index contributed by atoms with van der Waals surface area (Å²) in [5.41, 5.74) is 3.45. The summed E-state index contributed by atoms with van der Waals surface area (Å²) in [6, 6.07) is 15.0. The van der Waals surface area contributed by atoms with E-state index in [0.29, 0.717) is 5.56 Å². The molecule has 2 aromatic carbocycles. The van der Waals surface area contributed by atoms with E-state index in [1.807, 2.05) is 55.5 Å².